The number of aryl methyl sites for hydroxylation is 1. The summed E-state index contributed by atoms with van der Waals surface area (Å²) in [5.74, 6) is 0.446. The SMILES string of the molecule is Cc1nc(CSCC(=O)NNC(=O)c2nn(C(C)C)c(=O)c3ccccc23)no1. The van der Waals surface area contributed by atoms with Crippen molar-refractivity contribution in [2.45, 2.75) is 32.6 Å². The highest BCUT2D eigenvalue weighted by Gasteiger charge is 2.18. The molecule has 0 saturated carbocycles. The van der Waals surface area contributed by atoms with Crippen molar-refractivity contribution in [3.05, 3.63) is 52.0 Å². The van der Waals surface area contributed by atoms with Crippen molar-refractivity contribution in [3.63, 3.8) is 0 Å². The average molecular weight is 416 g/mol. The molecule has 0 aliphatic rings. The van der Waals surface area contributed by atoms with Crippen LogP contribution >= 0.6 is 11.8 Å². The Morgan fingerprint density at radius 2 is 1.93 bits per heavy atom. The Morgan fingerprint density at radius 1 is 1.21 bits per heavy atom. The first-order valence-electron chi connectivity index (χ1n) is 8.84. The largest absolute Gasteiger partial charge is 0.340 e. The number of nitrogens with one attached hydrogen (secondary N) is 2. The number of carbonyl (C=O) groups is 2. The standard InChI is InChI=1S/C18H20N6O4S/c1-10(2)24-18(27)13-7-5-4-6-12(13)16(22-24)17(26)21-20-15(25)9-29-8-14-19-11(3)28-23-14/h4-7,10H,8-9H2,1-3H3,(H,20,25)(H,21,26). The summed E-state index contributed by atoms with van der Waals surface area (Å²) in [6.07, 6.45) is 0. The zero-order valence-corrected chi connectivity index (χ0v) is 16.9. The Balaban J connectivity index is 1.66. The molecule has 2 N–H and O–H groups in total. The summed E-state index contributed by atoms with van der Waals surface area (Å²) >= 11 is 1.28. The van der Waals surface area contributed by atoms with E-state index in [0.717, 1.165) is 0 Å². The quantitative estimate of drug-likeness (QED) is 0.576. The van der Waals surface area contributed by atoms with Crippen LogP contribution in [-0.2, 0) is 10.5 Å². The van der Waals surface area contributed by atoms with Crippen molar-refractivity contribution in [1.29, 1.82) is 0 Å². The number of aromatic nitrogens is 4. The van der Waals surface area contributed by atoms with Gasteiger partial charge in [0.15, 0.2) is 11.5 Å². The molecule has 0 spiro atoms. The molecule has 0 aliphatic carbocycles. The number of nitrogens with zero attached hydrogens (tertiary/aromatic N) is 4. The van der Waals surface area contributed by atoms with Crippen LogP contribution in [-0.4, -0.2) is 37.5 Å². The minimum Gasteiger partial charge on any atom is -0.340 e. The van der Waals surface area contributed by atoms with Crippen LogP contribution in [0.1, 0.15) is 42.1 Å². The third-order valence-electron chi connectivity index (χ3n) is 3.88. The summed E-state index contributed by atoms with van der Waals surface area (Å²) in [5, 5.41) is 8.74. The van der Waals surface area contributed by atoms with Gasteiger partial charge in [0.1, 0.15) is 0 Å². The van der Waals surface area contributed by atoms with E-state index in [4.69, 9.17) is 4.52 Å². The van der Waals surface area contributed by atoms with E-state index in [1.165, 1.54) is 16.4 Å². The predicted molar refractivity (Wildman–Crippen MR) is 107 cm³/mol. The fraction of sp³-hybridized carbons (Fsp3) is 0.333. The highest BCUT2D eigenvalue weighted by atomic mass is 32.2. The Morgan fingerprint density at radius 3 is 2.59 bits per heavy atom. The van der Waals surface area contributed by atoms with Crippen LogP contribution < -0.4 is 16.4 Å². The van der Waals surface area contributed by atoms with Gasteiger partial charge in [-0.2, -0.15) is 10.1 Å². The third-order valence-corrected chi connectivity index (χ3v) is 4.81. The fourth-order valence-corrected chi connectivity index (χ4v) is 3.24. The molecule has 1 aromatic carbocycles. The van der Waals surface area contributed by atoms with Crippen molar-refractivity contribution in [3.8, 4) is 0 Å². The van der Waals surface area contributed by atoms with Crippen LogP contribution in [0.3, 0.4) is 0 Å². The molecule has 11 heteroatoms. The van der Waals surface area contributed by atoms with Gasteiger partial charge in [-0.3, -0.25) is 25.2 Å². The monoisotopic (exact) mass is 416 g/mol. The second-order valence-electron chi connectivity index (χ2n) is 6.46. The van der Waals surface area contributed by atoms with Crippen LogP contribution in [0.4, 0.5) is 0 Å². The number of hydrogen-bond donors (Lipinski definition) is 2. The van der Waals surface area contributed by atoms with Crippen LogP contribution in [0.2, 0.25) is 0 Å². The summed E-state index contributed by atoms with van der Waals surface area (Å²) in [6, 6.07) is 6.51. The van der Waals surface area contributed by atoms with Gasteiger partial charge in [-0.05, 0) is 19.9 Å². The van der Waals surface area contributed by atoms with Gasteiger partial charge in [-0.25, -0.2) is 4.68 Å². The van der Waals surface area contributed by atoms with Gasteiger partial charge in [-0.1, -0.05) is 23.4 Å². The Kier molecular flexibility index (Phi) is 6.27. The molecule has 29 heavy (non-hydrogen) atoms. The number of hydrazine groups is 1. The second kappa shape index (κ2) is 8.86. The van der Waals surface area contributed by atoms with Gasteiger partial charge < -0.3 is 4.52 Å². The van der Waals surface area contributed by atoms with Crippen LogP contribution in [0, 0.1) is 6.92 Å². The number of thioether (sulfide) groups is 1. The normalized spacial score (nSPS) is 11.0. The first kappa shape index (κ1) is 20.5. The molecular formula is C18H20N6O4S. The van der Waals surface area contributed by atoms with Gasteiger partial charge in [0.05, 0.1) is 22.9 Å². The van der Waals surface area contributed by atoms with E-state index >= 15 is 0 Å². The molecule has 3 rings (SSSR count). The van der Waals surface area contributed by atoms with Crippen molar-refractivity contribution < 1.29 is 14.1 Å². The average Bonchev–Trinajstić information content (AvgIpc) is 3.11. The van der Waals surface area contributed by atoms with E-state index in [9.17, 15) is 14.4 Å². The molecule has 0 fully saturated rings. The topological polar surface area (TPSA) is 132 Å². The van der Waals surface area contributed by atoms with E-state index in [-0.39, 0.29) is 23.0 Å². The molecule has 0 radical (unpaired) electrons. The third kappa shape index (κ3) is 4.80. The number of fused-ring (bicyclic) bond motifs is 1. The molecule has 0 bridgehead atoms. The number of rotatable bonds is 6. The van der Waals surface area contributed by atoms with E-state index < -0.39 is 11.8 Å². The zero-order valence-electron chi connectivity index (χ0n) is 16.1. The summed E-state index contributed by atoms with van der Waals surface area (Å²) < 4.78 is 6.11. The zero-order chi connectivity index (χ0) is 21.0. The first-order chi connectivity index (χ1) is 13.9. The minimum atomic E-state index is -0.609. The summed E-state index contributed by atoms with van der Waals surface area (Å²) in [4.78, 5) is 41.2. The molecule has 0 saturated heterocycles. The maximum Gasteiger partial charge on any atom is 0.290 e. The highest BCUT2D eigenvalue weighted by molar-refractivity contribution is 7.99. The maximum absolute atomic E-state index is 12.6. The molecule has 152 valence electrons. The first-order valence-corrected chi connectivity index (χ1v) is 10.00. The van der Waals surface area contributed by atoms with Gasteiger partial charge in [0.2, 0.25) is 11.8 Å². The Bertz CT molecular complexity index is 1110. The molecule has 2 amide bonds. The van der Waals surface area contributed by atoms with Crippen LogP contribution in [0.25, 0.3) is 10.8 Å². The van der Waals surface area contributed by atoms with Crippen LogP contribution in [0.5, 0.6) is 0 Å². The molecule has 0 atom stereocenters. The molecular weight excluding hydrogens is 396 g/mol. The molecule has 3 aromatic rings. The predicted octanol–water partition coefficient (Wildman–Crippen LogP) is 1.36. The Labute approximate surface area is 170 Å². The molecule has 0 unspecified atom stereocenters. The fourth-order valence-electron chi connectivity index (χ4n) is 2.58. The van der Waals surface area contributed by atoms with E-state index in [1.807, 2.05) is 0 Å². The minimum absolute atomic E-state index is 0.0594. The number of hydrogen-bond acceptors (Lipinski definition) is 8. The van der Waals surface area contributed by atoms with Crippen LogP contribution in [0.15, 0.2) is 33.6 Å². The number of benzene rings is 1. The van der Waals surface area contributed by atoms with Gasteiger partial charge in [-0.15, -0.1) is 11.8 Å². The van der Waals surface area contributed by atoms with E-state index in [0.29, 0.717) is 28.2 Å². The Hall–Kier alpha value is -3.21. The second-order valence-corrected chi connectivity index (χ2v) is 7.45. The number of carbonyl (C=O) groups excluding carboxylic acids is 2. The summed E-state index contributed by atoms with van der Waals surface area (Å²) in [7, 11) is 0. The lowest BCUT2D eigenvalue weighted by Gasteiger charge is -2.13. The van der Waals surface area contributed by atoms with Gasteiger partial charge in [0.25, 0.3) is 11.5 Å². The van der Waals surface area contributed by atoms with Gasteiger partial charge in [0, 0.05) is 12.3 Å². The molecule has 2 aromatic heterocycles. The van der Waals surface area contributed by atoms with Gasteiger partial charge >= 0.3 is 0 Å². The van der Waals surface area contributed by atoms with Crippen molar-refractivity contribution >= 4 is 34.3 Å². The number of amides is 2. The highest BCUT2D eigenvalue weighted by Crippen LogP contribution is 2.14. The molecule has 2 heterocycles. The summed E-state index contributed by atoms with van der Waals surface area (Å²) in [6.45, 7) is 5.29. The lowest BCUT2D eigenvalue weighted by atomic mass is 10.1. The van der Waals surface area contributed by atoms with Crippen molar-refractivity contribution in [2.75, 3.05) is 5.75 Å². The smallest absolute Gasteiger partial charge is 0.290 e. The lowest BCUT2D eigenvalue weighted by molar-refractivity contribution is -0.119. The van der Waals surface area contributed by atoms with E-state index in [1.54, 1.807) is 45.0 Å². The molecule has 0 aliphatic heterocycles. The lowest BCUT2D eigenvalue weighted by Crippen LogP contribution is -2.43. The summed E-state index contributed by atoms with van der Waals surface area (Å²) in [5.41, 5.74) is 4.48. The molecule has 10 nitrogen and oxygen atoms in total. The van der Waals surface area contributed by atoms with Crippen molar-refractivity contribution in [1.82, 2.24) is 30.8 Å². The van der Waals surface area contributed by atoms with Crippen molar-refractivity contribution in [2.24, 2.45) is 0 Å². The maximum atomic E-state index is 12.6. The van der Waals surface area contributed by atoms with E-state index in [2.05, 4.69) is 26.1 Å².